The fourth-order valence-corrected chi connectivity index (χ4v) is 9.79. The Bertz CT molecular complexity index is 3790. The lowest BCUT2D eigenvalue weighted by Gasteiger charge is -2.21. The van der Waals surface area contributed by atoms with E-state index in [0.717, 1.165) is 37.1 Å². The van der Waals surface area contributed by atoms with Gasteiger partial charge in [-0.3, -0.25) is 39.3 Å². The Kier molecular flexibility index (Phi) is 12.9. The van der Waals surface area contributed by atoms with Gasteiger partial charge in [-0.2, -0.15) is 31.4 Å². The number of fused-ring (bicyclic) bond motifs is 5. The summed E-state index contributed by atoms with van der Waals surface area (Å²) in [4.78, 5) is 33.0. The highest BCUT2D eigenvalue weighted by Gasteiger charge is 2.32. The van der Waals surface area contributed by atoms with Crippen LogP contribution in [-0.2, 0) is 45.0 Å². The number of amides is 1. The third-order valence-corrected chi connectivity index (χ3v) is 13.4. The number of unbranched alkanes of at least 4 members (excludes halogenated alkanes) is 3. The van der Waals surface area contributed by atoms with Gasteiger partial charge in [0.15, 0.2) is 38.2 Å². The number of rotatable bonds is 19. The van der Waals surface area contributed by atoms with Crippen LogP contribution in [0.3, 0.4) is 0 Å². The molecule has 2 aliphatic rings. The molecule has 9 rings (SSSR count). The molecule has 7 aromatic rings. The summed E-state index contributed by atoms with van der Waals surface area (Å²) >= 11 is 0. The second kappa shape index (κ2) is 19.1. The minimum atomic E-state index is -5.19. The monoisotopic (exact) mass is 1010 g/mol. The van der Waals surface area contributed by atoms with Crippen LogP contribution >= 0.6 is 0 Å². The number of nitrogens with two attached hydrogens (primary N) is 1. The van der Waals surface area contributed by atoms with E-state index in [1.54, 1.807) is 34.7 Å². The maximum Gasteiger partial charge on any atom is 0.336 e. The van der Waals surface area contributed by atoms with Crippen LogP contribution in [-0.4, -0.2) is 98.9 Å². The van der Waals surface area contributed by atoms with E-state index in [9.17, 15) is 45.7 Å². The average Bonchev–Trinajstić information content (AvgIpc) is 4.14. The summed E-state index contributed by atoms with van der Waals surface area (Å²) in [5.74, 6) is -1.47. The molecule has 368 valence electrons. The summed E-state index contributed by atoms with van der Waals surface area (Å²) in [6, 6.07) is 12.1. The lowest BCUT2D eigenvalue weighted by molar-refractivity contribution is -0.116. The van der Waals surface area contributed by atoms with Gasteiger partial charge in [-0.15, -0.1) is 10.2 Å². The summed E-state index contributed by atoms with van der Waals surface area (Å²) in [5.41, 5.74) is 5.80. The number of aromatic carboxylic acids is 1. The molecule has 1 amide bonds. The summed E-state index contributed by atoms with van der Waals surface area (Å²) in [7, 11) is -8.57. The highest BCUT2D eigenvalue weighted by atomic mass is 32.2. The average molecular weight is 1010 g/mol. The first-order valence-electron chi connectivity index (χ1n) is 21.8. The Hall–Kier alpha value is -7.95. The van der Waals surface area contributed by atoms with Crippen LogP contribution in [0, 0.1) is 5.41 Å². The number of nitrogens with one attached hydrogen (secondary N) is 3. The van der Waals surface area contributed by atoms with Crippen molar-refractivity contribution in [3.63, 3.8) is 0 Å². The molecule has 1 aliphatic carbocycles. The molecule has 2 aromatic carbocycles. The maximum absolute atomic E-state index is 13.1. The molecule has 5 aromatic heterocycles. The van der Waals surface area contributed by atoms with Gasteiger partial charge < -0.3 is 24.8 Å². The number of anilines is 2. The second-order valence-corrected chi connectivity index (χ2v) is 19.2. The Morgan fingerprint density at radius 2 is 1.68 bits per heavy atom. The molecule has 6 heterocycles. The number of nitrogen functional groups attached to an aromatic ring is 1. The number of aryl methyl sites for hydroxylation is 3. The molecular formula is C44H43N13O12S2. The zero-order chi connectivity index (χ0) is 50.4. The van der Waals surface area contributed by atoms with Gasteiger partial charge in [0.05, 0.1) is 34.0 Å². The SMILES string of the molecule is Cn1cc2c(nc(NC(=O)CCCc3cn(CCCCCCNC(O)c4ccc(-c5c6ccc(=N)c(S(=O)(=O)O)c-6oc6c(S(=O)(=O)O)c(N)ccc56)c(C(=O)O)c4)nn3)n3nc(-c4ccco4)nc23)n1. The lowest BCUT2D eigenvalue weighted by atomic mass is 9.89. The molecule has 0 radical (unpaired) electrons. The molecule has 9 N–H and O–H groups in total. The topological polar surface area (TPSA) is 375 Å². The van der Waals surface area contributed by atoms with E-state index in [2.05, 4.69) is 41.1 Å². The van der Waals surface area contributed by atoms with E-state index in [-0.39, 0.29) is 45.9 Å². The van der Waals surface area contributed by atoms with Crippen LogP contribution < -0.4 is 21.7 Å². The Morgan fingerprint density at radius 1 is 0.901 bits per heavy atom. The summed E-state index contributed by atoms with van der Waals surface area (Å²) < 4.78 is 86.2. The van der Waals surface area contributed by atoms with Gasteiger partial charge >= 0.3 is 5.97 Å². The van der Waals surface area contributed by atoms with E-state index in [1.165, 1.54) is 41.1 Å². The fourth-order valence-electron chi connectivity index (χ4n) is 8.30. The number of benzene rings is 3. The number of hydrogen-bond acceptors (Lipinski definition) is 18. The highest BCUT2D eigenvalue weighted by Crippen LogP contribution is 2.46. The van der Waals surface area contributed by atoms with Gasteiger partial charge in [-0.1, -0.05) is 30.2 Å². The zero-order valence-corrected chi connectivity index (χ0v) is 39.0. The number of aromatic nitrogens is 9. The molecule has 27 heteroatoms. The molecule has 71 heavy (non-hydrogen) atoms. The Labute approximate surface area is 401 Å². The van der Waals surface area contributed by atoms with Crippen LogP contribution in [0.25, 0.3) is 61.7 Å². The minimum absolute atomic E-state index is 0.0871. The van der Waals surface area contributed by atoms with E-state index < -0.39 is 70.2 Å². The van der Waals surface area contributed by atoms with Gasteiger partial charge in [0.1, 0.15) is 6.23 Å². The van der Waals surface area contributed by atoms with Gasteiger partial charge in [0.25, 0.3) is 20.2 Å². The van der Waals surface area contributed by atoms with Crippen molar-refractivity contribution in [2.45, 2.75) is 67.5 Å². The van der Waals surface area contributed by atoms with E-state index in [0.29, 0.717) is 60.6 Å². The van der Waals surface area contributed by atoms with E-state index in [1.807, 2.05) is 6.20 Å². The number of carboxylic acids is 1. The predicted molar refractivity (Wildman–Crippen MR) is 251 cm³/mol. The Morgan fingerprint density at radius 3 is 2.42 bits per heavy atom. The van der Waals surface area contributed by atoms with E-state index in [4.69, 9.17) is 20.0 Å². The molecule has 1 unspecified atom stereocenters. The van der Waals surface area contributed by atoms with Crippen molar-refractivity contribution < 1.29 is 54.6 Å². The lowest BCUT2D eigenvalue weighted by Crippen LogP contribution is -2.22. The standard InChI is InChI=1S/C44H43N13O12S2/c1-55-22-29-39(52-55)50-44(57-41(29)49-40(53-57)32-9-7-19-68-32)48-33(58)10-6-8-24-21-56(54-51-24)18-5-3-2-4-17-47-42(59)23-11-12-25(28(20-23)43(60)61)34-26-13-15-30(45)37(70(62,63)64)35(26)69-36-27(34)14-16-31(46)38(36)71(65,66)67/h7,9,11-16,19-22,42,45,47,59H,2-6,8,10,17-18,46H2,1H3,(H,60,61)(H,62,63,64)(H,65,66,67)(H,48,50,52,58). The van der Waals surface area contributed by atoms with Gasteiger partial charge in [-0.05, 0) is 85.8 Å². The van der Waals surface area contributed by atoms with Crippen molar-refractivity contribution in [2.75, 3.05) is 17.6 Å². The molecule has 1 aliphatic heterocycles. The number of carboxylic acid groups (broad SMARTS) is 1. The number of hydrogen-bond donors (Lipinski definition) is 8. The van der Waals surface area contributed by atoms with Crippen molar-refractivity contribution in [2.24, 2.45) is 7.05 Å². The van der Waals surface area contributed by atoms with Crippen LogP contribution in [0.4, 0.5) is 11.6 Å². The van der Waals surface area contributed by atoms with Crippen molar-refractivity contribution in [1.82, 2.24) is 49.7 Å². The van der Waals surface area contributed by atoms with Crippen molar-refractivity contribution in [1.29, 1.82) is 5.41 Å². The number of aliphatic hydroxyl groups excluding tert-OH is 1. The summed E-state index contributed by atoms with van der Waals surface area (Å²) in [6.45, 7) is 0.967. The van der Waals surface area contributed by atoms with Gasteiger partial charge in [-0.25, -0.2) is 9.78 Å². The minimum Gasteiger partial charge on any atom is -0.478 e. The molecule has 0 fully saturated rings. The third-order valence-electron chi connectivity index (χ3n) is 11.5. The van der Waals surface area contributed by atoms with Crippen LogP contribution in [0.5, 0.6) is 0 Å². The van der Waals surface area contributed by atoms with Crippen LogP contribution in [0.15, 0.2) is 91.9 Å². The van der Waals surface area contributed by atoms with Crippen molar-refractivity contribution in [3.8, 4) is 34.0 Å². The zero-order valence-electron chi connectivity index (χ0n) is 37.3. The maximum atomic E-state index is 13.1. The first-order chi connectivity index (χ1) is 33.8. The number of furan rings is 1. The largest absolute Gasteiger partial charge is 0.478 e. The number of nitrogens with zero attached hydrogens (tertiary/aromatic N) is 9. The number of carbonyl (C=O) groups is 2. The van der Waals surface area contributed by atoms with Crippen LogP contribution in [0.1, 0.15) is 66.4 Å². The normalized spacial score (nSPS) is 12.7. The Balaban J connectivity index is 0.781. The molecule has 0 saturated carbocycles. The number of aliphatic hydroxyl groups is 1. The first kappa shape index (κ1) is 48.1. The first-order valence-corrected chi connectivity index (χ1v) is 24.7. The van der Waals surface area contributed by atoms with Crippen molar-refractivity contribution in [3.05, 3.63) is 95.4 Å². The second-order valence-electron chi connectivity index (χ2n) is 16.5. The van der Waals surface area contributed by atoms with Gasteiger partial charge in [0.2, 0.25) is 17.7 Å². The third kappa shape index (κ3) is 9.81. The predicted octanol–water partition coefficient (Wildman–Crippen LogP) is 4.44. The molecule has 1 atom stereocenters. The number of carbonyl (C=O) groups excluding carboxylic acids is 1. The summed E-state index contributed by atoms with van der Waals surface area (Å²) in [5, 5.41) is 52.6. The fraction of sp³-hybridized carbons (Fsp3) is 0.250. The van der Waals surface area contributed by atoms with Gasteiger partial charge in [0, 0.05) is 48.9 Å². The molecule has 0 bridgehead atoms. The van der Waals surface area contributed by atoms with E-state index >= 15 is 0 Å². The van der Waals surface area contributed by atoms with Crippen molar-refractivity contribution >= 4 is 71.4 Å². The molecule has 0 saturated heterocycles. The quantitative estimate of drug-likeness (QED) is 0.0182. The summed E-state index contributed by atoms with van der Waals surface area (Å²) in [6.07, 6.45) is 8.05. The smallest absolute Gasteiger partial charge is 0.336 e. The highest BCUT2D eigenvalue weighted by molar-refractivity contribution is 7.86. The molecular weight excluding hydrogens is 967 g/mol. The molecule has 0 spiro atoms. The van der Waals surface area contributed by atoms with Crippen LogP contribution in [0.2, 0.25) is 0 Å². The molecule has 25 nitrogen and oxygen atoms in total.